The number of hydrogen-bond acceptors (Lipinski definition) is 4. The molecule has 2 aromatic carbocycles. The minimum Gasteiger partial charge on any atom is -0.435 e. The molecular weight excluding hydrogens is 376 g/mol. The molecule has 152 valence electrons. The van der Waals surface area contributed by atoms with E-state index in [1.807, 2.05) is 4.90 Å². The van der Waals surface area contributed by atoms with E-state index in [-0.39, 0.29) is 12.3 Å². The molecule has 1 N–H and O–H groups in total. The largest absolute Gasteiger partial charge is 0.435 e. The predicted octanol–water partition coefficient (Wildman–Crippen LogP) is 4.12. The molecule has 0 saturated heterocycles. The average molecular weight is 398 g/mol. The molecule has 0 aromatic heterocycles. The summed E-state index contributed by atoms with van der Waals surface area (Å²) in [5.74, 6) is -1.25. The highest BCUT2D eigenvalue weighted by Crippen LogP contribution is 2.33. The molecule has 0 atom stereocenters. The zero-order valence-corrected chi connectivity index (χ0v) is 15.6. The van der Waals surface area contributed by atoms with Gasteiger partial charge in [-0.25, -0.2) is 8.78 Å². The van der Waals surface area contributed by atoms with Crippen molar-refractivity contribution in [3.8, 4) is 5.75 Å². The minimum atomic E-state index is -2.88. The van der Waals surface area contributed by atoms with Crippen LogP contribution in [0.3, 0.4) is 0 Å². The van der Waals surface area contributed by atoms with Gasteiger partial charge in [-0.2, -0.15) is 8.78 Å². The molecule has 1 aliphatic rings. The second kappa shape index (κ2) is 7.97. The van der Waals surface area contributed by atoms with Crippen LogP contribution in [0, 0.1) is 11.6 Å². The van der Waals surface area contributed by atoms with Crippen molar-refractivity contribution in [1.82, 2.24) is 4.90 Å². The van der Waals surface area contributed by atoms with Gasteiger partial charge in [0.15, 0.2) is 0 Å². The molecule has 0 amide bonds. The third-order valence-electron chi connectivity index (χ3n) is 4.32. The summed E-state index contributed by atoms with van der Waals surface area (Å²) in [6, 6.07) is 8.37. The SMILES string of the molecule is CC(C)(O)CN1CN(Cc2ccc(OC(F)F)cc2)Cc2cc(F)cc(F)c21. The summed E-state index contributed by atoms with van der Waals surface area (Å²) in [6.45, 7) is 1.61. The number of benzene rings is 2. The standard InChI is InChI=1S/C20H22F4N2O2/c1-20(2,27)11-26-12-25(10-14-7-15(21)8-17(22)18(14)26)9-13-3-5-16(6-4-13)28-19(23)24/h3-8,19,27H,9-12H2,1-2H3. The maximum atomic E-state index is 14.4. The van der Waals surface area contributed by atoms with E-state index in [1.54, 1.807) is 30.9 Å². The van der Waals surface area contributed by atoms with Gasteiger partial charge in [-0.15, -0.1) is 0 Å². The third-order valence-corrected chi connectivity index (χ3v) is 4.32. The number of halogens is 4. The molecule has 0 saturated carbocycles. The first-order valence-electron chi connectivity index (χ1n) is 8.82. The van der Waals surface area contributed by atoms with Crippen LogP contribution < -0.4 is 9.64 Å². The third kappa shape index (κ3) is 5.14. The fraction of sp³-hybridized carbons (Fsp3) is 0.400. The van der Waals surface area contributed by atoms with Crippen molar-refractivity contribution in [2.45, 2.75) is 39.1 Å². The van der Waals surface area contributed by atoms with E-state index in [1.165, 1.54) is 18.2 Å². The second-order valence-corrected chi connectivity index (χ2v) is 7.56. The Balaban J connectivity index is 1.81. The number of β-amino-alcohol motifs (C(OH)–C–C–N with tert-alkyl or cyclic N) is 1. The lowest BCUT2D eigenvalue weighted by Gasteiger charge is -2.41. The maximum Gasteiger partial charge on any atom is 0.387 e. The van der Waals surface area contributed by atoms with Gasteiger partial charge in [0.05, 0.1) is 18.0 Å². The van der Waals surface area contributed by atoms with Crippen molar-refractivity contribution in [3.05, 3.63) is 59.2 Å². The van der Waals surface area contributed by atoms with Crippen LogP contribution in [0.4, 0.5) is 23.2 Å². The molecule has 0 fully saturated rings. The summed E-state index contributed by atoms with van der Waals surface area (Å²) in [5, 5.41) is 10.2. The van der Waals surface area contributed by atoms with Crippen molar-refractivity contribution in [2.24, 2.45) is 0 Å². The Morgan fingerprint density at radius 2 is 1.82 bits per heavy atom. The van der Waals surface area contributed by atoms with Gasteiger partial charge in [-0.1, -0.05) is 12.1 Å². The molecule has 0 aliphatic carbocycles. The van der Waals surface area contributed by atoms with Gasteiger partial charge in [0.1, 0.15) is 17.4 Å². The topological polar surface area (TPSA) is 35.9 Å². The zero-order valence-electron chi connectivity index (χ0n) is 15.6. The van der Waals surface area contributed by atoms with E-state index in [2.05, 4.69) is 4.74 Å². The molecule has 4 nitrogen and oxygen atoms in total. The fourth-order valence-corrected chi connectivity index (χ4v) is 3.43. The summed E-state index contributed by atoms with van der Waals surface area (Å²) >= 11 is 0. The number of ether oxygens (including phenoxy) is 1. The molecule has 0 bridgehead atoms. The Labute approximate surface area is 160 Å². The Morgan fingerprint density at radius 3 is 2.43 bits per heavy atom. The number of alkyl halides is 2. The van der Waals surface area contributed by atoms with Crippen LogP contribution in [0.15, 0.2) is 36.4 Å². The number of hydrogen-bond donors (Lipinski definition) is 1. The van der Waals surface area contributed by atoms with E-state index < -0.39 is 23.8 Å². The number of nitrogens with zero attached hydrogens (tertiary/aromatic N) is 2. The monoisotopic (exact) mass is 398 g/mol. The molecule has 28 heavy (non-hydrogen) atoms. The molecule has 3 rings (SSSR count). The Kier molecular flexibility index (Phi) is 5.81. The maximum absolute atomic E-state index is 14.4. The highest BCUT2D eigenvalue weighted by Gasteiger charge is 2.29. The van der Waals surface area contributed by atoms with Gasteiger partial charge >= 0.3 is 6.61 Å². The van der Waals surface area contributed by atoms with Gasteiger partial charge in [0.2, 0.25) is 0 Å². The van der Waals surface area contributed by atoms with Crippen LogP contribution in [0.25, 0.3) is 0 Å². The van der Waals surface area contributed by atoms with Gasteiger partial charge < -0.3 is 14.7 Å². The molecule has 0 spiro atoms. The van der Waals surface area contributed by atoms with Crippen molar-refractivity contribution in [2.75, 3.05) is 18.1 Å². The predicted molar refractivity (Wildman–Crippen MR) is 97.2 cm³/mol. The van der Waals surface area contributed by atoms with Crippen molar-refractivity contribution in [1.29, 1.82) is 0 Å². The fourth-order valence-electron chi connectivity index (χ4n) is 3.43. The Hall–Kier alpha value is -2.32. The first-order valence-corrected chi connectivity index (χ1v) is 8.82. The van der Waals surface area contributed by atoms with Crippen molar-refractivity contribution in [3.63, 3.8) is 0 Å². The van der Waals surface area contributed by atoms with E-state index in [9.17, 15) is 22.7 Å². The number of anilines is 1. The highest BCUT2D eigenvalue weighted by molar-refractivity contribution is 5.57. The smallest absolute Gasteiger partial charge is 0.387 e. The molecule has 8 heteroatoms. The quantitative estimate of drug-likeness (QED) is 0.743. The summed E-state index contributed by atoms with van der Waals surface area (Å²) in [4.78, 5) is 3.64. The van der Waals surface area contributed by atoms with E-state index in [0.717, 1.165) is 11.6 Å². The van der Waals surface area contributed by atoms with Crippen molar-refractivity contribution >= 4 is 5.69 Å². The van der Waals surface area contributed by atoms with Crippen LogP contribution in [0.1, 0.15) is 25.0 Å². The molecule has 1 heterocycles. The molecule has 0 unspecified atom stereocenters. The summed E-state index contributed by atoms with van der Waals surface area (Å²) in [7, 11) is 0. The Bertz CT molecular complexity index is 822. The molecule has 2 aromatic rings. The van der Waals surface area contributed by atoms with Gasteiger partial charge in [0, 0.05) is 25.7 Å². The first kappa shape index (κ1) is 20.4. The lowest BCUT2D eigenvalue weighted by molar-refractivity contribution is -0.0498. The van der Waals surface area contributed by atoms with Crippen LogP contribution in [0.5, 0.6) is 5.75 Å². The van der Waals surface area contributed by atoms with E-state index in [0.29, 0.717) is 31.0 Å². The molecular formula is C20H22F4N2O2. The summed E-state index contributed by atoms with van der Waals surface area (Å²) in [5.41, 5.74) is 0.547. The van der Waals surface area contributed by atoms with Gasteiger partial charge in [0.25, 0.3) is 0 Å². The van der Waals surface area contributed by atoms with Crippen molar-refractivity contribution < 1.29 is 27.4 Å². The number of fused-ring (bicyclic) bond motifs is 1. The van der Waals surface area contributed by atoms with Gasteiger partial charge in [-0.3, -0.25) is 4.90 Å². The summed E-state index contributed by atoms with van der Waals surface area (Å²) < 4.78 is 57.0. The van der Waals surface area contributed by atoms with Crippen LogP contribution >= 0.6 is 0 Å². The highest BCUT2D eigenvalue weighted by atomic mass is 19.3. The first-order chi connectivity index (χ1) is 13.1. The zero-order chi connectivity index (χ0) is 20.5. The lowest BCUT2D eigenvalue weighted by atomic mass is 10.0. The minimum absolute atomic E-state index is 0.0653. The normalized spacial score (nSPS) is 15.1. The second-order valence-electron chi connectivity index (χ2n) is 7.56. The van der Waals surface area contributed by atoms with E-state index >= 15 is 0 Å². The average Bonchev–Trinajstić information content (AvgIpc) is 2.53. The molecule has 1 aliphatic heterocycles. The summed E-state index contributed by atoms with van der Waals surface area (Å²) in [6.07, 6.45) is 0. The van der Waals surface area contributed by atoms with Crippen LogP contribution in [0.2, 0.25) is 0 Å². The van der Waals surface area contributed by atoms with E-state index in [4.69, 9.17) is 0 Å². The molecule has 0 radical (unpaired) electrons. The van der Waals surface area contributed by atoms with Gasteiger partial charge in [-0.05, 0) is 43.2 Å². The number of aliphatic hydroxyl groups is 1. The Morgan fingerprint density at radius 1 is 1.14 bits per heavy atom. The number of rotatable bonds is 6. The van der Waals surface area contributed by atoms with Crippen LogP contribution in [-0.4, -0.2) is 35.4 Å². The van der Waals surface area contributed by atoms with Crippen LogP contribution in [-0.2, 0) is 13.1 Å². The lowest BCUT2D eigenvalue weighted by Crippen LogP contribution is -2.48.